The predicted molar refractivity (Wildman–Crippen MR) is 70.2 cm³/mol. The number of nitrogens with zero attached hydrogens (tertiary/aromatic N) is 1. The number of phenolic OH excluding ortho intramolecular Hbond substituents is 1. The lowest BCUT2D eigenvalue weighted by atomic mass is 10.0. The molecule has 1 fully saturated rings. The second-order valence-electron chi connectivity index (χ2n) is 4.74. The number of rotatable bonds is 4. The molecule has 0 saturated carbocycles. The van der Waals surface area contributed by atoms with Crippen LogP contribution in [0.3, 0.4) is 0 Å². The van der Waals surface area contributed by atoms with Crippen molar-refractivity contribution in [3.05, 3.63) is 29.8 Å². The summed E-state index contributed by atoms with van der Waals surface area (Å²) in [5.41, 5.74) is 1.27. The number of phenols is 1. The highest BCUT2D eigenvalue weighted by molar-refractivity contribution is 5.27. The first kappa shape index (κ1) is 12.4. The number of aromatic hydroxyl groups is 1. The molecule has 2 N–H and O–H groups in total. The molecule has 1 aliphatic rings. The molecule has 1 aromatic rings. The smallest absolute Gasteiger partial charge is 0.115 e. The molecule has 2 unspecified atom stereocenters. The summed E-state index contributed by atoms with van der Waals surface area (Å²) in [7, 11) is 0. The van der Waals surface area contributed by atoms with E-state index in [1.807, 2.05) is 12.1 Å². The van der Waals surface area contributed by atoms with Crippen molar-refractivity contribution in [3.8, 4) is 5.75 Å². The highest BCUT2D eigenvalue weighted by Crippen LogP contribution is 2.25. The second kappa shape index (κ2) is 5.52. The van der Waals surface area contributed by atoms with Crippen molar-refractivity contribution in [1.82, 2.24) is 10.2 Å². The van der Waals surface area contributed by atoms with Gasteiger partial charge < -0.3 is 10.4 Å². The van der Waals surface area contributed by atoms with Crippen LogP contribution in [0.25, 0.3) is 0 Å². The molecule has 0 amide bonds. The van der Waals surface area contributed by atoms with Crippen molar-refractivity contribution in [2.75, 3.05) is 19.6 Å². The summed E-state index contributed by atoms with van der Waals surface area (Å²) in [5.74, 6) is 0.339. The Morgan fingerprint density at radius 2 is 2.12 bits per heavy atom. The van der Waals surface area contributed by atoms with Gasteiger partial charge in [0.25, 0.3) is 0 Å². The van der Waals surface area contributed by atoms with E-state index >= 15 is 0 Å². The van der Waals surface area contributed by atoms with Gasteiger partial charge in [-0.25, -0.2) is 0 Å². The van der Waals surface area contributed by atoms with E-state index in [-0.39, 0.29) is 0 Å². The van der Waals surface area contributed by atoms with Crippen LogP contribution in [0.2, 0.25) is 0 Å². The maximum absolute atomic E-state index is 9.32. The molecule has 94 valence electrons. The zero-order chi connectivity index (χ0) is 12.3. The number of likely N-dealkylation sites (N-methyl/N-ethyl adjacent to an activating group) is 1. The fourth-order valence-electron chi connectivity index (χ4n) is 2.72. The highest BCUT2D eigenvalue weighted by atomic mass is 16.3. The van der Waals surface area contributed by atoms with Gasteiger partial charge in [-0.15, -0.1) is 0 Å². The zero-order valence-electron chi connectivity index (χ0n) is 10.7. The van der Waals surface area contributed by atoms with Crippen molar-refractivity contribution in [2.24, 2.45) is 0 Å². The van der Waals surface area contributed by atoms with E-state index in [1.54, 1.807) is 12.1 Å². The van der Waals surface area contributed by atoms with Gasteiger partial charge in [-0.3, -0.25) is 4.90 Å². The van der Waals surface area contributed by atoms with Gasteiger partial charge in [-0.1, -0.05) is 19.1 Å². The Hall–Kier alpha value is -1.06. The summed E-state index contributed by atoms with van der Waals surface area (Å²) in [6.45, 7) is 7.75. The SMILES string of the molecule is CCN(C1CCNC1)C(C)c1ccc(O)cc1. The molecular weight excluding hydrogens is 212 g/mol. The summed E-state index contributed by atoms with van der Waals surface area (Å²) < 4.78 is 0. The monoisotopic (exact) mass is 234 g/mol. The molecule has 17 heavy (non-hydrogen) atoms. The van der Waals surface area contributed by atoms with Crippen LogP contribution >= 0.6 is 0 Å². The van der Waals surface area contributed by atoms with Gasteiger partial charge in [0.05, 0.1) is 0 Å². The minimum Gasteiger partial charge on any atom is -0.508 e. The van der Waals surface area contributed by atoms with Crippen molar-refractivity contribution >= 4 is 0 Å². The lowest BCUT2D eigenvalue weighted by Crippen LogP contribution is -2.38. The topological polar surface area (TPSA) is 35.5 Å². The number of hydrogen-bond acceptors (Lipinski definition) is 3. The molecule has 3 nitrogen and oxygen atoms in total. The van der Waals surface area contributed by atoms with Crippen molar-refractivity contribution in [3.63, 3.8) is 0 Å². The van der Waals surface area contributed by atoms with E-state index in [2.05, 4.69) is 24.1 Å². The minimum atomic E-state index is 0.339. The summed E-state index contributed by atoms with van der Waals surface area (Å²) in [6.07, 6.45) is 1.23. The zero-order valence-corrected chi connectivity index (χ0v) is 10.7. The molecule has 1 aromatic carbocycles. The summed E-state index contributed by atoms with van der Waals surface area (Å²) in [6, 6.07) is 8.63. The van der Waals surface area contributed by atoms with Gasteiger partial charge in [0, 0.05) is 18.6 Å². The Bertz CT molecular complexity index is 344. The standard InChI is InChI=1S/C14H22N2O/c1-3-16(13-8-9-15-10-13)11(2)12-4-6-14(17)7-5-12/h4-7,11,13,15,17H,3,8-10H2,1-2H3. The van der Waals surface area contributed by atoms with Gasteiger partial charge in [-0.2, -0.15) is 0 Å². The molecule has 2 rings (SSSR count). The molecule has 0 aromatic heterocycles. The van der Waals surface area contributed by atoms with Crippen LogP contribution in [0.1, 0.15) is 31.9 Å². The Labute approximate surface area is 103 Å². The van der Waals surface area contributed by atoms with E-state index < -0.39 is 0 Å². The van der Waals surface area contributed by atoms with E-state index in [9.17, 15) is 5.11 Å². The molecular formula is C14H22N2O. The summed E-state index contributed by atoms with van der Waals surface area (Å²) in [4.78, 5) is 2.53. The first-order chi connectivity index (χ1) is 8.22. The third kappa shape index (κ3) is 2.79. The van der Waals surface area contributed by atoms with Crippen LogP contribution in [0.5, 0.6) is 5.75 Å². The van der Waals surface area contributed by atoms with E-state index in [0.717, 1.165) is 19.6 Å². The number of hydrogen-bond donors (Lipinski definition) is 2. The lowest BCUT2D eigenvalue weighted by Gasteiger charge is -2.33. The van der Waals surface area contributed by atoms with Crippen LogP contribution < -0.4 is 5.32 Å². The first-order valence-electron chi connectivity index (χ1n) is 6.47. The summed E-state index contributed by atoms with van der Waals surface area (Å²) in [5, 5.41) is 12.7. The van der Waals surface area contributed by atoms with Gasteiger partial charge in [-0.05, 0) is 44.1 Å². The minimum absolute atomic E-state index is 0.339. The Morgan fingerprint density at radius 3 is 2.65 bits per heavy atom. The van der Waals surface area contributed by atoms with Crippen molar-refractivity contribution in [2.45, 2.75) is 32.4 Å². The predicted octanol–water partition coefficient (Wildman–Crippen LogP) is 2.14. The van der Waals surface area contributed by atoms with Gasteiger partial charge in [0.1, 0.15) is 5.75 Å². The highest BCUT2D eigenvalue weighted by Gasteiger charge is 2.25. The molecule has 0 aliphatic carbocycles. The van der Waals surface area contributed by atoms with Crippen LogP contribution in [-0.2, 0) is 0 Å². The summed E-state index contributed by atoms with van der Waals surface area (Å²) >= 11 is 0. The van der Waals surface area contributed by atoms with Crippen molar-refractivity contribution < 1.29 is 5.11 Å². The third-order valence-electron chi connectivity index (χ3n) is 3.74. The molecule has 1 heterocycles. The molecule has 0 radical (unpaired) electrons. The Morgan fingerprint density at radius 1 is 1.41 bits per heavy atom. The van der Waals surface area contributed by atoms with Crippen LogP contribution in [0, 0.1) is 0 Å². The third-order valence-corrected chi connectivity index (χ3v) is 3.74. The molecule has 1 saturated heterocycles. The van der Waals surface area contributed by atoms with Crippen LogP contribution in [-0.4, -0.2) is 35.7 Å². The largest absolute Gasteiger partial charge is 0.508 e. The van der Waals surface area contributed by atoms with E-state index in [4.69, 9.17) is 0 Å². The lowest BCUT2D eigenvalue weighted by molar-refractivity contribution is 0.162. The number of nitrogens with one attached hydrogen (secondary N) is 1. The van der Waals surface area contributed by atoms with Crippen LogP contribution in [0.4, 0.5) is 0 Å². The van der Waals surface area contributed by atoms with Crippen molar-refractivity contribution in [1.29, 1.82) is 0 Å². The quantitative estimate of drug-likeness (QED) is 0.838. The van der Waals surface area contributed by atoms with Gasteiger partial charge in [0.2, 0.25) is 0 Å². The molecule has 0 spiro atoms. The molecule has 0 bridgehead atoms. The Kier molecular flexibility index (Phi) is 4.02. The first-order valence-corrected chi connectivity index (χ1v) is 6.47. The molecule has 2 atom stereocenters. The van der Waals surface area contributed by atoms with Crippen LogP contribution in [0.15, 0.2) is 24.3 Å². The molecule has 1 aliphatic heterocycles. The average Bonchev–Trinajstić information content (AvgIpc) is 2.84. The van der Waals surface area contributed by atoms with E-state index in [1.165, 1.54) is 12.0 Å². The average molecular weight is 234 g/mol. The number of benzene rings is 1. The van der Waals surface area contributed by atoms with Gasteiger partial charge in [0.15, 0.2) is 0 Å². The fraction of sp³-hybridized carbons (Fsp3) is 0.571. The van der Waals surface area contributed by atoms with E-state index in [0.29, 0.717) is 17.8 Å². The molecule has 3 heteroatoms. The maximum atomic E-state index is 9.32. The normalized spacial score (nSPS) is 21.9. The fourth-order valence-corrected chi connectivity index (χ4v) is 2.72. The maximum Gasteiger partial charge on any atom is 0.115 e. The second-order valence-corrected chi connectivity index (χ2v) is 4.74. The Balaban J connectivity index is 2.10. The van der Waals surface area contributed by atoms with Gasteiger partial charge >= 0.3 is 0 Å².